The zero-order valence-corrected chi connectivity index (χ0v) is 15.2. The fourth-order valence-electron chi connectivity index (χ4n) is 2.52. The summed E-state index contributed by atoms with van der Waals surface area (Å²) in [5, 5.41) is 4.64. The Labute approximate surface area is 154 Å². The highest BCUT2D eigenvalue weighted by atomic mass is 79.9. The fourth-order valence-corrected chi connectivity index (χ4v) is 3.83. The second-order valence-electron chi connectivity index (χ2n) is 5.33. The summed E-state index contributed by atoms with van der Waals surface area (Å²) in [6, 6.07) is 13.0. The molecule has 0 N–H and O–H groups in total. The summed E-state index contributed by atoms with van der Waals surface area (Å²) in [5.74, 6) is -0.130. The summed E-state index contributed by atoms with van der Waals surface area (Å²) in [6.07, 6.45) is 2.88. The molecule has 0 radical (unpaired) electrons. The van der Waals surface area contributed by atoms with Gasteiger partial charge in [0.2, 0.25) is 0 Å². The molecule has 3 heterocycles. The molecule has 4 rings (SSSR count). The Kier molecular flexibility index (Phi) is 4.06. The number of nitrogens with zero attached hydrogens (tertiary/aromatic N) is 4. The van der Waals surface area contributed by atoms with E-state index in [-0.39, 0.29) is 17.9 Å². The van der Waals surface area contributed by atoms with Crippen molar-refractivity contribution in [3.63, 3.8) is 0 Å². The number of halogens is 1. The summed E-state index contributed by atoms with van der Waals surface area (Å²) in [7, 11) is 0. The van der Waals surface area contributed by atoms with E-state index in [1.165, 1.54) is 28.4 Å². The van der Waals surface area contributed by atoms with Crippen molar-refractivity contribution in [2.75, 3.05) is 0 Å². The van der Waals surface area contributed by atoms with Gasteiger partial charge < -0.3 is 0 Å². The van der Waals surface area contributed by atoms with E-state index in [4.69, 9.17) is 0 Å². The molecular formula is C17H11BrN4O2S. The van der Waals surface area contributed by atoms with E-state index in [9.17, 15) is 9.59 Å². The van der Waals surface area contributed by atoms with Crippen molar-refractivity contribution < 1.29 is 4.79 Å². The number of Topliss-reactive ketones (excluding diaryl/α,β-unsaturated/α-hetero) is 1. The third-order valence-corrected chi connectivity index (χ3v) is 5.38. The molecular weight excluding hydrogens is 404 g/mol. The zero-order chi connectivity index (χ0) is 17.4. The Morgan fingerprint density at radius 1 is 1.16 bits per heavy atom. The van der Waals surface area contributed by atoms with Crippen LogP contribution >= 0.6 is 27.3 Å². The van der Waals surface area contributed by atoms with Crippen LogP contribution in [0.2, 0.25) is 0 Å². The molecule has 124 valence electrons. The average Bonchev–Trinajstić information content (AvgIpc) is 3.25. The van der Waals surface area contributed by atoms with Gasteiger partial charge in [-0.3, -0.25) is 14.2 Å². The Hall–Kier alpha value is -2.58. The van der Waals surface area contributed by atoms with Crippen molar-refractivity contribution in [2.45, 2.75) is 6.54 Å². The maximum Gasteiger partial charge on any atom is 0.264 e. The first-order chi connectivity index (χ1) is 12.1. The first kappa shape index (κ1) is 15.9. The Balaban J connectivity index is 1.72. The largest absolute Gasteiger partial charge is 0.291 e. The quantitative estimate of drug-likeness (QED) is 0.480. The minimum Gasteiger partial charge on any atom is -0.291 e. The van der Waals surface area contributed by atoms with Gasteiger partial charge in [0.1, 0.15) is 11.7 Å². The molecule has 8 heteroatoms. The average molecular weight is 415 g/mol. The van der Waals surface area contributed by atoms with Crippen molar-refractivity contribution in [3.05, 3.63) is 74.0 Å². The lowest BCUT2D eigenvalue weighted by Gasteiger charge is -2.05. The fraction of sp³-hybridized carbons (Fsp3) is 0.0588. The first-order valence-electron chi connectivity index (χ1n) is 7.40. The van der Waals surface area contributed by atoms with Gasteiger partial charge in [0.05, 0.1) is 27.1 Å². The lowest BCUT2D eigenvalue weighted by molar-refractivity contribution is 0.0974. The molecule has 0 amide bonds. The predicted octanol–water partition coefficient (Wildman–Crippen LogP) is 3.29. The van der Waals surface area contributed by atoms with E-state index in [0.29, 0.717) is 15.9 Å². The first-order valence-corrected chi connectivity index (χ1v) is 9.01. The summed E-state index contributed by atoms with van der Waals surface area (Å²) in [5.41, 5.74) is 1.01. The monoisotopic (exact) mass is 414 g/mol. The number of thiophene rings is 1. The van der Waals surface area contributed by atoms with Crippen molar-refractivity contribution in [1.82, 2.24) is 19.3 Å². The standard InChI is InChI=1S/C17H11BrN4O2S/c18-15-7-6-14(25-15)13(23)9-21-10-19-16-12(17(21)24)8-20-22(16)11-4-2-1-3-5-11/h1-8,10H,9H2. The molecule has 1 aromatic carbocycles. The van der Waals surface area contributed by atoms with Crippen molar-refractivity contribution in [3.8, 4) is 5.69 Å². The molecule has 3 aromatic heterocycles. The molecule has 0 aliphatic heterocycles. The number of hydrogen-bond acceptors (Lipinski definition) is 5. The minimum absolute atomic E-state index is 0.0504. The lowest BCUT2D eigenvalue weighted by Crippen LogP contribution is -2.24. The third kappa shape index (κ3) is 2.94. The number of ketones is 1. The number of aromatic nitrogens is 4. The van der Waals surface area contributed by atoms with Crippen LogP contribution in [0.1, 0.15) is 9.67 Å². The van der Waals surface area contributed by atoms with Crippen LogP contribution < -0.4 is 5.56 Å². The second kappa shape index (κ2) is 6.38. The summed E-state index contributed by atoms with van der Waals surface area (Å²) in [6.45, 7) is -0.0504. The molecule has 0 atom stereocenters. The number of carbonyl (C=O) groups excluding carboxylic acids is 1. The Bertz CT molecular complexity index is 1130. The molecule has 0 unspecified atom stereocenters. The highest BCUT2D eigenvalue weighted by Crippen LogP contribution is 2.22. The van der Waals surface area contributed by atoms with E-state index in [1.807, 2.05) is 36.4 Å². The van der Waals surface area contributed by atoms with Gasteiger partial charge in [-0.25, -0.2) is 9.67 Å². The van der Waals surface area contributed by atoms with Gasteiger partial charge in [-0.15, -0.1) is 11.3 Å². The molecule has 0 fully saturated rings. The number of carbonyl (C=O) groups is 1. The maximum atomic E-state index is 12.7. The van der Waals surface area contributed by atoms with Gasteiger partial charge in [-0.05, 0) is 40.2 Å². The van der Waals surface area contributed by atoms with Gasteiger partial charge in [0, 0.05) is 0 Å². The van der Waals surface area contributed by atoms with Crippen LogP contribution in [-0.2, 0) is 6.54 Å². The van der Waals surface area contributed by atoms with Crippen LogP contribution in [0.15, 0.2) is 63.6 Å². The number of rotatable bonds is 4. The predicted molar refractivity (Wildman–Crippen MR) is 99.5 cm³/mol. The molecule has 0 aliphatic carbocycles. The Morgan fingerprint density at radius 3 is 2.68 bits per heavy atom. The lowest BCUT2D eigenvalue weighted by atomic mass is 10.3. The van der Waals surface area contributed by atoms with E-state index in [1.54, 1.807) is 10.7 Å². The summed E-state index contributed by atoms with van der Waals surface area (Å²) in [4.78, 5) is 29.9. The highest BCUT2D eigenvalue weighted by molar-refractivity contribution is 9.11. The number of benzene rings is 1. The molecule has 0 aliphatic rings. The normalized spacial score (nSPS) is 11.1. The van der Waals surface area contributed by atoms with E-state index >= 15 is 0 Å². The van der Waals surface area contributed by atoms with Gasteiger partial charge in [-0.1, -0.05) is 18.2 Å². The summed E-state index contributed by atoms with van der Waals surface area (Å²) >= 11 is 4.67. The minimum atomic E-state index is -0.281. The molecule has 0 saturated carbocycles. The van der Waals surface area contributed by atoms with E-state index in [2.05, 4.69) is 26.0 Å². The highest BCUT2D eigenvalue weighted by Gasteiger charge is 2.15. The molecule has 25 heavy (non-hydrogen) atoms. The van der Waals surface area contributed by atoms with Crippen molar-refractivity contribution in [1.29, 1.82) is 0 Å². The van der Waals surface area contributed by atoms with Crippen LogP contribution in [0.3, 0.4) is 0 Å². The van der Waals surface area contributed by atoms with Crippen LogP contribution in [0, 0.1) is 0 Å². The SMILES string of the molecule is O=C(Cn1cnc2c(cnn2-c2ccccc2)c1=O)c1ccc(Br)s1. The van der Waals surface area contributed by atoms with E-state index < -0.39 is 0 Å². The maximum absolute atomic E-state index is 12.7. The van der Waals surface area contributed by atoms with Crippen LogP contribution in [0.25, 0.3) is 16.7 Å². The van der Waals surface area contributed by atoms with Crippen molar-refractivity contribution >= 4 is 44.1 Å². The smallest absolute Gasteiger partial charge is 0.264 e. The molecule has 4 aromatic rings. The second-order valence-corrected chi connectivity index (χ2v) is 7.80. The topological polar surface area (TPSA) is 69.8 Å². The van der Waals surface area contributed by atoms with E-state index in [0.717, 1.165) is 9.47 Å². The van der Waals surface area contributed by atoms with Crippen LogP contribution in [0.4, 0.5) is 0 Å². The van der Waals surface area contributed by atoms with Gasteiger partial charge >= 0.3 is 0 Å². The molecule has 0 spiro atoms. The van der Waals surface area contributed by atoms with Crippen molar-refractivity contribution in [2.24, 2.45) is 0 Å². The molecule has 0 saturated heterocycles. The molecule has 0 bridgehead atoms. The number of fused-ring (bicyclic) bond motifs is 1. The van der Waals surface area contributed by atoms with Crippen LogP contribution in [0.5, 0.6) is 0 Å². The zero-order valence-electron chi connectivity index (χ0n) is 12.8. The van der Waals surface area contributed by atoms with Gasteiger partial charge in [0.25, 0.3) is 5.56 Å². The Morgan fingerprint density at radius 2 is 1.96 bits per heavy atom. The van der Waals surface area contributed by atoms with Gasteiger partial charge in [0.15, 0.2) is 11.4 Å². The van der Waals surface area contributed by atoms with Gasteiger partial charge in [-0.2, -0.15) is 5.10 Å². The molecule has 6 nitrogen and oxygen atoms in total. The van der Waals surface area contributed by atoms with Crippen LogP contribution in [-0.4, -0.2) is 25.1 Å². The summed E-state index contributed by atoms with van der Waals surface area (Å²) < 4.78 is 3.80. The number of hydrogen-bond donors (Lipinski definition) is 0. The third-order valence-electron chi connectivity index (χ3n) is 3.72. The number of para-hydroxylation sites is 1.